The molecule has 0 saturated heterocycles. The van der Waals surface area contributed by atoms with Crippen LogP contribution in [0.3, 0.4) is 0 Å². The largest absolute Gasteiger partial charge is 0.497 e. The van der Waals surface area contributed by atoms with Gasteiger partial charge in [0.1, 0.15) is 18.1 Å². The molecule has 1 N–H and O–H groups in total. The zero-order valence-corrected chi connectivity index (χ0v) is 17.4. The number of benzene rings is 2. The maximum Gasteiger partial charge on any atom is 0.261 e. The zero-order valence-electron chi connectivity index (χ0n) is 16.6. The molecule has 28 heavy (non-hydrogen) atoms. The summed E-state index contributed by atoms with van der Waals surface area (Å²) in [6, 6.07) is 15.6. The summed E-state index contributed by atoms with van der Waals surface area (Å²) < 4.78 is 11.1. The first-order chi connectivity index (χ1) is 13.5. The maximum absolute atomic E-state index is 12.6. The SMILES string of the molecule is COc1ccc(C(C)NC(=O)c2cc(COc3ccc(C)cc3C)cs2)cc1. The highest BCUT2D eigenvalue weighted by atomic mass is 32.1. The van der Waals surface area contributed by atoms with E-state index in [0.29, 0.717) is 11.5 Å². The van der Waals surface area contributed by atoms with E-state index in [1.807, 2.05) is 61.7 Å². The molecule has 1 amide bonds. The average molecular weight is 396 g/mol. The van der Waals surface area contributed by atoms with Gasteiger partial charge < -0.3 is 14.8 Å². The Hall–Kier alpha value is -2.79. The van der Waals surface area contributed by atoms with Gasteiger partial charge in [0.05, 0.1) is 18.0 Å². The summed E-state index contributed by atoms with van der Waals surface area (Å²) in [6.45, 7) is 6.52. The molecule has 3 aromatic rings. The molecular formula is C23H25NO3S. The summed E-state index contributed by atoms with van der Waals surface area (Å²) in [4.78, 5) is 13.2. The highest BCUT2D eigenvalue weighted by molar-refractivity contribution is 7.12. The molecule has 0 spiro atoms. The molecule has 0 saturated carbocycles. The Morgan fingerprint density at radius 2 is 1.86 bits per heavy atom. The molecule has 1 heterocycles. The number of hydrogen-bond acceptors (Lipinski definition) is 4. The van der Waals surface area contributed by atoms with Crippen LogP contribution in [-0.2, 0) is 6.61 Å². The number of amides is 1. The Balaban J connectivity index is 1.58. The van der Waals surface area contributed by atoms with Crippen LogP contribution in [0.15, 0.2) is 53.9 Å². The third-order valence-electron chi connectivity index (χ3n) is 4.57. The molecule has 1 atom stereocenters. The number of hydrogen-bond donors (Lipinski definition) is 1. The molecule has 0 bridgehead atoms. The molecule has 2 aromatic carbocycles. The van der Waals surface area contributed by atoms with Crippen molar-refractivity contribution in [3.63, 3.8) is 0 Å². The van der Waals surface area contributed by atoms with E-state index < -0.39 is 0 Å². The second-order valence-corrected chi connectivity index (χ2v) is 7.76. The molecule has 0 aliphatic heterocycles. The first-order valence-corrected chi connectivity index (χ1v) is 10.1. The minimum Gasteiger partial charge on any atom is -0.497 e. The van der Waals surface area contributed by atoms with Gasteiger partial charge in [-0.2, -0.15) is 0 Å². The van der Waals surface area contributed by atoms with Crippen LogP contribution in [0.2, 0.25) is 0 Å². The van der Waals surface area contributed by atoms with Gasteiger partial charge in [-0.25, -0.2) is 0 Å². The van der Waals surface area contributed by atoms with E-state index >= 15 is 0 Å². The predicted molar refractivity (Wildman–Crippen MR) is 113 cm³/mol. The third kappa shape index (κ3) is 4.93. The highest BCUT2D eigenvalue weighted by Crippen LogP contribution is 2.23. The summed E-state index contributed by atoms with van der Waals surface area (Å²) >= 11 is 1.43. The minimum atomic E-state index is -0.0876. The van der Waals surface area contributed by atoms with Gasteiger partial charge in [0.25, 0.3) is 5.91 Å². The molecule has 146 valence electrons. The first-order valence-electron chi connectivity index (χ1n) is 9.18. The number of thiophene rings is 1. The van der Waals surface area contributed by atoms with Gasteiger partial charge in [-0.05, 0) is 61.5 Å². The lowest BCUT2D eigenvalue weighted by Crippen LogP contribution is -2.25. The summed E-state index contributed by atoms with van der Waals surface area (Å²) in [5.74, 6) is 1.59. The van der Waals surface area contributed by atoms with Gasteiger partial charge in [0.15, 0.2) is 0 Å². The number of ether oxygens (including phenoxy) is 2. The van der Waals surface area contributed by atoms with Crippen LogP contribution in [-0.4, -0.2) is 13.0 Å². The normalized spacial score (nSPS) is 11.7. The second-order valence-electron chi connectivity index (χ2n) is 6.85. The van der Waals surface area contributed by atoms with Crippen LogP contribution >= 0.6 is 11.3 Å². The summed E-state index contributed by atoms with van der Waals surface area (Å²) in [5, 5.41) is 5.01. The quantitative estimate of drug-likeness (QED) is 0.579. The lowest BCUT2D eigenvalue weighted by molar-refractivity contribution is 0.0944. The predicted octanol–water partition coefficient (Wildman–Crippen LogP) is 5.44. The Kier molecular flexibility index (Phi) is 6.37. The third-order valence-corrected chi connectivity index (χ3v) is 5.54. The van der Waals surface area contributed by atoms with Gasteiger partial charge >= 0.3 is 0 Å². The average Bonchev–Trinajstić information content (AvgIpc) is 3.16. The molecule has 1 aromatic heterocycles. The van der Waals surface area contributed by atoms with Crippen molar-refractivity contribution in [1.29, 1.82) is 0 Å². The molecule has 0 aliphatic carbocycles. The topological polar surface area (TPSA) is 47.6 Å². The van der Waals surface area contributed by atoms with Gasteiger partial charge in [0.2, 0.25) is 0 Å². The molecule has 0 fully saturated rings. The van der Waals surface area contributed by atoms with Gasteiger partial charge in [0, 0.05) is 5.56 Å². The van der Waals surface area contributed by atoms with Crippen molar-refractivity contribution in [1.82, 2.24) is 5.32 Å². The lowest BCUT2D eigenvalue weighted by atomic mass is 10.1. The van der Waals surface area contributed by atoms with E-state index in [9.17, 15) is 4.79 Å². The van der Waals surface area contributed by atoms with Crippen LogP contribution in [0.5, 0.6) is 11.5 Å². The fourth-order valence-electron chi connectivity index (χ4n) is 2.94. The molecule has 5 heteroatoms. The Bertz CT molecular complexity index is 947. The lowest BCUT2D eigenvalue weighted by Gasteiger charge is -2.14. The first kappa shape index (κ1) is 20.0. The Morgan fingerprint density at radius 3 is 2.54 bits per heavy atom. The molecule has 3 rings (SSSR count). The van der Waals surface area contributed by atoms with Crippen LogP contribution in [0, 0.1) is 13.8 Å². The fourth-order valence-corrected chi connectivity index (χ4v) is 3.74. The molecule has 1 unspecified atom stereocenters. The van der Waals surface area contributed by atoms with E-state index in [0.717, 1.165) is 28.2 Å². The van der Waals surface area contributed by atoms with E-state index in [1.54, 1.807) is 7.11 Å². The molecule has 0 aliphatic rings. The second kappa shape index (κ2) is 8.93. The Morgan fingerprint density at radius 1 is 1.11 bits per heavy atom. The van der Waals surface area contributed by atoms with Crippen molar-refractivity contribution in [2.75, 3.05) is 7.11 Å². The summed E-state index contributed by atoms with van der Waals surface area (Å²) in [6.07, 6.45) is 0. The molecule has 0 radical (unpaired) electrons. The van der Waals surface area contributed by atoms with Crippen molar-refractivity contribution in [3.8, 4) is 11.5 Å². The van der Waals surface area contributed by atoms with Crippen LogP contribution < -0.4 is 14.8 Å². The van der Waals surface area contributed by atoms with Crippen LogP contribution in [0.1, 0.15) is 44.9 Å². The van der Waals surface area contributed by atoms with Crippen molar-refractivity contribution in [2.24, 2.45) is 0 Å². The zero-order chi connectivity index (χ0) is 20.1. The van der Waals surface area contributed by atoms with Crippen LogP contribution in [0.25, 0.3) is 0 Å². The van der Waals surface area contributed by atoms with E-state index in [-0.39, 0.29) is 11.9 Å². The highest BCUT2D eigenvalue weighted by Gasteiger charge is 2.14. The molecule has 4 nitrogen and oxygen atoms in total. The fraction of sp³-hybridized carbons (Fsp3) is 0.261. The van der Waals surface area contributed by atoms with Crippen molar-refractivity contribution in [2.45, 2.75) is 33.4 Å². The Labute approximate surface area is 170 Å². The summed E-state index contributed by atoms with van der Waals surface area (Å²) in [5.41, 5.74) is 4.35. The minimum absolute atomic E-state index is 0.0777. The van der Waals surface area contributed by atoms with Crippen molar-refractivity contribution in [3.05, 3.63) is 81.0 Å². The smallest absolute Gasteiger partial charge is 0.261 e. The van der Waals surface area contributed by atoms with Gasteiger partial charge in [-0.3, -0.25) is 4.79 Å². The van der Waals surface area contributed by atoms with E-state index in [4.69, 9.17) is 9.47 Å². The van der Waals surface area contributed by atoms with Gasteiger partial charge in [-0.1, -0.05) is 29.8 Å². The van der Waals surface area contributed by atoms with Gasteiger partial charge in [-0.15, -0.1) is 11.3 Å². The van der Waals surface area contributed by atoms with E-state index in [2.05, 4.69) is 18.3 Å². The monoisotopic (exact) mass is 395 g/mol. The number of carbonyl (C=O) groups excluding carboxylic acids is 1. The number of methoxy groups -OCH3 is 1. The summed E-state index contributed by atoms with van der Waals surface area (Å²) in [7, 11) is 1.64. The number of nitrogens with one attached hydrogen (secondary N) is 1. The number of aryl methyl sites for hydroxylation is 2. The van der Waals surface area contributed by atoms with Crippen molar-refractivity contribution >= 4 is 17.2 Å². The van der Waals surface area contributed by atoms with Crippen LogP contribution in [0.4, 0.5) is 0 Å². The van der Waals surface area contributed by atoms with E-state index in [1.165, 1.54) is 16.9 Å². The number of rotatable bonds is 7. The van der Waals surface area contributed by atoms with Crippen molar-refractivity contribution < 1.29 is 14.3 Å². The molecular weight excluding hydrogens is 370 g/mol. The number of carbonyl (C=O) groups is 1. The standard InChI is InChI=1S/C23H25NO3S/c1-15-5-10-21(16(2)11-15)27-13-18-12-22(28-14-18)23(25)24-17(3)19-6-8-20(26-4)9-7-19/h5-12,14,17H,13H2,1-4H3,(H,24,25). The maximum atomic E-state index is 12.6.